The summed E-state index contributed by atoms with van der Waals surface area (Å²) < 4.78 is 10.5. The Morgan fingerprint density at radius 3 is 2.26 bits per heavy atom. The van der Waals surface area contributed by atoms with E-state index >= 15 is 0 Å². The second-order valence-electron chi connectivity index (χ2n) is 9.05. The molecule has 4 rings (SSSR count). The molecule has 3 aromatic carbocycles. The number of anilines is 1. The van der Waals surface area contributed by atoms with Crippen LogP contribution in [0.5, 0.6) is 5.75 Å². The number of imide groups is 1. The van der Waals surface area contributed by atoms with E-state index in [4.69, 9.17) is 38.4 Å². The van der Waals surface area contributed by atoms with E-state index < -0.39 is 23.8 Å². The highest BCUT2D eigenvalue weighted by molar-refractivity contribution is 7.98. The van der Waals surface area contributed by atoms with Crippen LogP contribution >= 0.6 is 35.0 Å². The first-order chi connectivity index (χ1) is 20.2. The zero-order valence-electron chi connectivity index (χ0n) is 23.0. The zero-order valence-corrected chi connectivity index (χ0v) is 25.3. The maximum absolute atomic E-state index is 14.5. The molecule has 0 saturated carbocycles. The van der Waals surface area contributed by atoms with Crippen LogP contribution in [-0.2, 0) is 16.0 Å². The van der Waals surface area contributed by atoms with Crippen LogP contribution in [0.25, 0.3) is 11.1 Å². The van der Waals surface area contributed by atoms with Crippen LogP contribution in [0.1, 0.15) is 26.3 Å². The lowest BCUT2D eigenvalue weighted by Gasteiger charge is -2.30. The minimum Gasteiger partial charge on any atom is -0.497 e. The monoisotopic (exact) mass is 623 g/mol. The Kier molecular flexibility index (Phi) is 10.1. The Balaban J connectivity index is 1.94. The average Bonchev–Trinajstić information content (AvgIpc) is 3.00. The number of nitrogens with two attached hydrogens (primary N) is 1. The molecule has 216 valence electrons. The van der Waals surface area contributed by atoms with Crippen LogP contribution in [0.2, 0.25) is 10.0 Å². The van der Waals surface area contributed by atoms with Gasteiger partial charge in [0.25, 0.3) is 11.8 Å². The van der Waals surface area contributed by atoms with Crippen LogP contribution in [0.4, 0.5) is 5.69 Å². The second kappa shape index (κ2) is 13.7. The summed E-state index contributed by atoms with van der Waals surface area (Å²) in [4.78, 5) is 48.0. The maximum Gasteiger partial charge on any atom is 0.329 e. The number of hydrogen-bond donors (Lipinski definition) is 1. The van der Waals surface area contributed by atoms with Gasteiger partial charge in [0, 0.05) is 29.4 Å². The van der Waals surface area contributed by atoms with Crippen molar-refractivity contribution in [2.75, 3.05) is 26.2 Å². The molecule has 2 N–H and O–H groups in total. The highest BCUT2D eigenvalue weighted by Gasteiger charge is 2.39. The van der Waals surface area contributed by atoms with E-state index in [9.17, 15) is 14.4 Å². The number of esters is 1. The summed E-state index contributed by atoms with van der Waals surface area (Å²) in [6.07, 6.45) is 4.74. The van der Waals surface area contributed by atoms with Crippen molar-refractivity contribution in [3.05, 3.63) is 106 Å². The standard InChI is InChI=1S/C31H27Cl2N3O5S/c1-40-20-11-12-27(42-3)22(16-20)21-13-14-35-17-23(21)29(37)36(30(38)28-24(32)5-4-6-25(28)33)26(31(39)41-2)15-18-7-9-19(34)10-8-18/h4-14,16-17,26H,15,34H2,1-3H3/t26-/m0/s1. The summed E-state index contributed by atoms with van der Waals surface area (Å²) in [6, 6.07) is 17.0. The predicted octanol–water partition coefficient (Wildman–Crippen LogP) is 6.44. The number of aromatic nitrogens is 1. The number of nitrogen functional groups attached to an aromatic ring is 1. The minimum atomic E-state index is -1.38. The SMILES string of the molecule is COC(=O)[C@H](Cc1ccc(N)cc1)N(C(=O)c1cnccc1-c1cc(OC)ccc1SC)C(=O)c1c(Cl)cccc1Cl. The molecule has 0 fully saturated rings. The summed E-state index contributed by atoms with van der Waals surface area (Å²) in [7, 11) is 2.73. The summed E-state index contributed by atoms with van der Waals surface area (Å²) in [6.45, 7) is 0. The molecule has 4 aromatic rings. The number of amides is 2. The molecule has 0 aliphatic carbocycles. The van der Waals surface area contributed by atoms with Crippen LogP contribution in [0, 0.1) is 0 Å². The number of benzene rings is 3. The highest BCUT2D eigenvalue weighted by atomic mass is 35.5. The topological polar surface area (TPSA) is 112 Å². The molecule has 1 aromatic heterocycles. The van der Waals surface area contributed by atoms with Gasteiger partial charge in [-0.2, -0.15) is 0 Å². The average molecular weight is 625 g/mol. The van der Waals surface area contributed by atoms with Gasteiger partial charge >= 0.3 is 5.97 Å². The molecule has 11 heteroatoms. The molecule has 2 amide bonds. The summed E-state index contributed by atoms with van der Waals surface area (Å²) in [5.74, 6) is -1.90. The largest absolute Gasteiger partial charge is 0.497 e. The van der Waals surface area contributed by atoms with Gasteiger partial charge < -0.3 is 15.2 Å². The van der Waals surface area contributed by atoms with Gasteiger partial charge in [0.05, 0.1) is 35.4 Å². The minimum absolute atomic E-state index is 0.0188. The summed E-state index contributed by atoms with van der Waals surface area (Å²) >= 11 is 14.3. The van der Waals surface area contributed by atoms with Gasteiger partial charge in [-0.25, -0.2) is 4.79 Å². The van der Waals surface area contributed by atoms with Gasteiger partial charge in [0.2, 0.25) is 0 Å². The molecule has 0 unspecified atom stereocenters. The van der Waals surface area contributed by atoms with Gasteiger partial charge in [0.15, 0.2) is 0 Å². The number of ether oxygens (including phenoxy) is 2. The molecule has 0 saturated heterocycles. The fourth-order valence-corrected chi connectivity index (χ4v) is 5.60. The maximum atomic E-state index is 14.5. The number of pyridine rings is 1. The lowest BCUT2D eigenvalue weighted by atomic mass is 9.98. The molecular weight excluding hydrogens is 597 g/mol. The van der Waals surface area contributed by atoms with Gasteiger partial charge in [-0.1, -0.05) is 41.4 Å². The van der Waals surface area contributed by atoms with Crippen molar-refractivity contribution in [2.24, 2.45) is 0 Å². The molecule has 0 spiro atoms. The van der Waals surface area contributed by atoms with Gasteiger partial charge in [0.1, 0.15) is 11.8 Å². The van der Waals surface area contributed by atoms with Crippen molar-refractivity contribution in [3.63, 3.8) is 0 Å². The van der Waals surface area contributed by atoms with Gasteiger partial charge in [-0.05, 0) is 71.5 Å². The lowest BCUT2D eigenvalue weighted by molar-refractivity contribution is -0.145. The summed E-state index contributed by atoms with van der Waals surface area (Å²) in [5, 5.41) is 0.0375. The Bertz CT molecular complexity index is 1610. The lowest BCUT2D eigenvalue weighted by Crippen LogP contribution is -2.50. The smallest absolute Gasteiger partial charge is 0.329 e. The Labute approximate surface area is 257 Å². The first kappa shape index (κ1) is 30.9. The number of halogens is 2. The van der Waals surface area contributed by atoms with Crippen LogP contribution < -0.4 is 10.5 Å². The van der Waals surface area contributed by atoms with Crippen LogP contribution in [-0.4, -0.2) is 54.2 Å². The predicted molar refractivity (Wildman–Crippen MR) is 165 cm³/mol. The number of rotatable bonds is 9. The quantitative estimate of drug-likeness (QED) is 0.0981. The second-order valence-corrected chi connectivity index (χ2v) is 10.7. The number of thioether (sulfide) groups is 1. The number of carbonyl (C=O) groups excluding carboxylic acids is 3. The van der Waals surface area contributed by atoms with E-state index in [2.05, 4.69) is 4.98 Å². The van der Waals surface area contributed by atoms with Crippen LogP contribution in [0.3, 0.4) is 0 Å². The van der Waals surface area contributed by atoms with Crippen molar-refractivity contribution in [2.45, 2.75) is 17.4 Å². The highest BCUT2D eigenvalue weighted by Crippen LogP contribution is 2.36. The van der Waals surface area contributed by atoms with E-state index in [1.807, 2.05) is 18.4 Å². The molecule has 0 radical (unpaired) electrons. The molecular formula is C31H27Cl2N3O5S. The molecule has 0 aliphatic heterocycles. The normalized spacial score (nSPS) is 11.5. The third-order valence-corrected chi connectivity index (χ3v) is 7.98. The number of nitrogens with zero attached hydrogens (tertiary/aromatic N) is 2. The molecule has 0 aliphatic rings. The fraction of sp³-hybridized carbons (Fsp3) is 0.161. The Morgan fingerprint density at radius 2 is 1.64 bits per heavy atom. The van der Waals surface area contributed by atoms with E-state index in [1.54, 1.807) is 55.8 Å². The third kappa shape index (κ3) is 6.54. The molecule has 8 nitrogen and oxygen atoms in total. The number of methoxy groups -OCH3 is 2. The van der Waals surface area contributed by atoms with Crippen molar-refractivity contribution < 1.29 is 23.9 Å². The molecule has 1 heterocycles. The van der Waals surface area contributed by atoms with Crippen molar-refractivity contribution in [1.82, 2.24) is 9.88 Å². The molecule has 0 bridgehead atoms. The van der Waals surface area contributed by atoms with E-state index in [0.717, 1.165) is 9.80 Å². The molecule has 42 heavy (non-hydrogen) atoms. The van der Waals surface area contributed by atoms with Crippen molar-refractivity contribution in [1.29, 1.82) is 0 Å². The fourth-order valence-electron chi connectivity index (χ4n) is 4.44. The van der Waals surface area contributed by atoms with Crippen LogP contribution in [0.15, 0.2) is 84.0 Å². The van der Waals surface area contributed by atoms with E-state index in [-0.39, 0.29) is 27.6 Å². The number of hydrogen-bond acceptors (Lipinski definition) is 8. The zero-order chi connectivity index (χ0) is 30.4. The first-order valence-corrected chi connectivity index (χ1v) is 14.6. The van der Waals surface area contributed by atoms with E-state index in [0.29, 0.717) is 28.1 Å². The van der Waals surface area contributed by atoms with E-state index in [1.165, 1.54) is 37.2 Å². The third-order valence-electron chi connectivity index (χ3n) is 6.56. The molecule has 1 atom stereocenters. The Morgan fingerprint density at radius 1 is 0.952 bits per heavy atom. The van der Waals surface area contributed by atoms with Gasteiger partial charge in [-0.15, -0.1) is 11.8 Å². The van der Waals surface area contributed by atoms with Crippen molar-refractivity contribution >= 4 is 58.4 Å². The number of carbonyl (C=O) groups is 3. The van der Waals surface area contributed by atoms with Gasteiger partial charge in [-0.3, -0.25) is 19.5 Å². The first-order valence-electron chi connectivity index (χ1n) is 12.6. The Hall–Kier alpha value is -4.05. The summed E-state index contributed by atoms with van der Waals surface area (Å²) in [5.41, 5.74) is 8.11. The van der Waals surface area contributed by atoms with Crippen molar-refractivity contribution in [3.8, 4) is 16.9 Å².